The minimum atomic E-state index is -0.442. The van der Waals surface area contributed by atoms with Crippen molar-refractivity contribution < 1.29 is 4.74 Å². The Kier molecular flexibility index (Phi) is 4.14. The quantitative estimate of drug-likeness (QED) is 0.231. The van der Waals surface area contributed by atoms with Gasteiger partial charge in [0.1, 0.15) is 11.5 Å². The fraction of sp³-hybridized carbons (Fsp3) is 0.0556. The highest BCUT2D eigenvalue weighted by Crippen LogP contribution is 2.63. The number of hydrogen-bond acceptors (Lipinski definition) is 1. The molecule has 1 heterocycles. The first-order valence-electron chi connectivity index (χ1n) is 12.9. The van der Waals surface area contributed by atoms with E-state index in [9.17, 15) is 0 Å². The third-order valence-electron chi connectivity index (χ3n) is 8.17. The molecule has 1 aliphatic heterocycles. The summed E-state index contributed by atoms with van der Waals surface area (Å²) in [6.45, 7) is 2.20. The van der Waals surface area contributed by atoms with Crippen LogP contribution in [0, 0.1) is 6.92 Å². The zero-order valence-corrected chi connectivity index (χ0v) is 20.5. The average molecular weight is 473 g/mol. The number of aryl methyl sites for hydroxylation is 1. The van der Waals surface area contributed by atoms with Crippen LogP contribution in [0.3, 0.4) is 0 Å². The number of hydrogen-bond donors (Lipinski definition) is 0. The Morgan fingerprint density at radius 2 is 1.08 bits per heavy atom. The Hall–Kier alpha value is -4.62. The molecule has 0 bridgehead atoms. The van der Waals surface area contributed by atoms with Crippen molar-refractivity contribution in [3.63, 3.8) is 0 Å². The zero-order chi connectivity index (χ0) is 24.6. The van der Waals surface area contributed by atoms with Gasteiger partial charge in [0.15, 0.2) is 0 Å². The molecular weight excluding hydrogens is 448 g/mol. The highest BCUT2D eigenvalue weighted by Gasteiger charge is 2.51. The normalized spacial score (nSPS) is 14.0. The zero-order valence-electron chi connectivity index (χ0n) is 20.5. The molecule has 0 N–H and O–H groups in total. The molecule has 174 valence electrons. The van der Waals surface area contributed by atoms with Gasteiger partial charge >= 0.3 is 0 Å². The molecule has 0 saturated heterocycles. The summed E-state index contributed by atoms with van der Waals surface area (Å²) in [6, 6.07) is 46.2. The van der Waals surface area contributed by atoms with Gasteiger partial charge in [-0.2, -0.15) is 0 Å². The van der Waals surface area contributed by atoms with Gasteiger partial charge in [-0.1, -0.05) is 115 Å². The van der Waals surface area contributed by atoms with Crippen molar-refractivity contribution >= 4 is 10.8 Å². The highest BCUT2D eigenvalue weighted by molar-refractivity contribution is 5.99. The third-order valence-corrected chi connectivity index (χ3v) is 8.17. The van der Waals surface area contributed by atoms with Gasteiger partial charge in [-0.05, 0) is 63.2 Å². The largest absolute Gasteiger partial charge is 0.456 e. The van der Waals surface area contributed by atoms with Crippen LogP contribution in [0.15, 0.2) is 127 Å². The van der Waals surface area contributed by atoms with Crippen LogP contribution < -0.4 is 4.74 Å². The molecule has 37 heavy (non-hydrogen) atoms. The second kappa shape index (κ2) is 7.44. The van der Waals surface area contributed by atoms with Crippen molar-refractivity contribution in [1.29, 1.82) is 0 Å². The number of fused-ring (bicyclic) bond motifs is 10. The lowest BCUT2D eigenvalue weighted by Gasteiger charge is -2.40. The lowest BCUT2D eigenvalue weighted by atomic mass is 9.65. The summed E-state index contributed by atoms with van der Waals surface area (Å²) >= 11 is 0. The van der Waals surface area contributed by atoms with Crippen molar-refractivity contribution in [2.45, 2.75) is 12.3 Å². The summed E-state index contributed by atoms with van der Waals surface area (Å²) in [6.07, 6.45) is 0. The molecule has 0 saturated carbocycles. The Bertz CT molecular complexity index is 1830. The van der Waals surface area contributed by atoms with Crippen LogP contribution >= 0.6 is 0 Å². The van der Waals surface area contributed by atoms with Gasteiger partial charge in [0.25, 0.3) is 0 Å². The van der Waals surface area contributed by atoms with E-state index in [1.54, 1.807) is 0 Å². The minimum absolute atomic E-state index is 0.442. The van der Waals surface area contributed by atoms with Gasteiger partial charge in [0.05, 0.1) is 5.41 Å². The van der Waals surface area contributed by atoms with Crippen molar-refractivity contribution in [3.05, 3.63) is 155 Å². The van der Waals surface area contributed by atoms with Crippen molar-refractivity contribution in [1.82, 2.24) is 0 Å². The molecule has 0 atom stereocenters. The van der Waals surface area contributed by atoms with E-state index in [1.807, 2.05) is 0 Å². The molecule has 1 spiro atoms. The molecule has 0 amide bonds. The Balaban J connectivity index is 1.55. The predicted octanol–water partition coefficient (Wildman–Crippen LogP) is 9.28. The van der Waals surface area contributed by atoms with Crippen LogP contribution in [0.1, 0.15) is 27.8 Å². The number of benzene rings is 6. The first kappa shape index (κ1) is 20.6. The molecule has 0 unspecified atom stereocenters. The molecule has 6 aromatic rings. The SMILES string of the molecule is Cc1cc(-c2cccc3ccccc23)c2c(c1)C1(c3ccccc3O2)c2ccccc2-c2ccccc21. The molecule has 2 aliphatic rings. The van der Waals surface area contributed by atoms with Gasteiger partial charge in [-0.15, -0.1) is 0 Å². The van der Waals surface area contributed by atoms with Crippen molar-refractivity contribution in [2.24, 2.45) is 0 Å². The summed E-state index contributed by atoms with van der Waals surface area (Å²) in [5, 5.41) is 2.47. The second-order valence-corrected chi connectivity index (χ2v) is 10.2. The molecule has 0 fully saturated rings. The van der Waals surface area contributed by atoms with Gasteiger partial charge in [0, 0.05) is 16.7 Å². The molecular formula is C36H24O. The maximum Gasteiger partial charge on any atom is 0.140 e. The van der Waals surface area contributed by atoms with E-state index in [2.05, 4.69) is 134 Å². The van der Waals surface area contributed by atoms with Crippen LogP contribution in [-0.4, -0.2) is 0 Å². The fourth-order valence-electron chi connectivity index (χ4n) is 6.76. The van der Waals surface area contributed by atoms with Gasteiger partial charge in [0.2, 0.25) is 0 Å². The molecule has 6 aromatic carbocycles. The maximum atomic E-state index is 6.88. The fourth-order valence-corrected chi connectivity index (χ4v) is 6.76. The monoisotopic (exact) mass is 472 g/mol. The summed E-state index contributed by atoms with van der Waals surface area (Å²) in [4.78, 5) is 0. The summed E-state index contributed by atoms with van der Waals surface area (Å²) in [7, 11) is 0. The maximum absolute atomic E-state index is 6.88. The van der Waals surface area contributed by atoms with Crippen molar-refractivity contribution in [2.75, 3.05) is 0 Å². The number of ether oxygens (including phenoxy) is 1. The Morgan fingerprint density at radius 1 is 0.486 bits per heavy atom. The van der Waals surface area contributed by atoms with E-state index >= 15 is 0 Å². The number of rotatable bonds is 1. The van der Waals surface area contributed by atoms with E-state index in [0.29, 0.717) is 0 Å². The van der Waals surface area contributed by atoms with Gasteiger partial charge < -0.3 is 4.74 Å². The standard InChI is InChI=1S/C36H24O/c1-23-21-29(26-16-10-12-24-11-2-3-13-25(24)26)35-33(22-23)36(32-19-8-9-20-34(32)37-35)30-17-6-4-14-27(30)28-15-5-7-18-31(28)36/h2-22H,1H3. The van der Waals surface area contributed by atoms with Crippen molar-refractivity contribution in [3.8, 4) is 33.8 Å². The topological polar surface area (TPSA) is 9.23 Å². The third kappa shape index (κ3) is 2.64. The van der Waals surface area contributed by atoms with Crippen LogP contribution in [-0.2, 0) is 5.41 Å². The predicted molar refractivity (Wildman–Crippen MR) is 151 cm³/mol. The molecule has 1 nitrogen and oxygen atoms in total. The van der Waals surface area contributed by atoms with Crippen LogP contribution in [0.2, 0.25) is 0 Å². The molecule has 1 heteroatoms. The van der Waals surface area contributed by atoms with Crippen LogP contribution in [0.4, 0.5) is 0 Å². The number of para-hydroxylation sites is 1. The van der Waals surface area contributed by atoms with E-state index in [-0.39, 0.29) is 0 Å². The Morgan fingerprint density at radius 3 is 1.86 bits per heavy atom. The average Bonchev–Trinajstić information content (AvgIpc) is 3.24. The van der Waals surface area contributed by atoms with E-state index in [4.69, 9.17) is 4.74 Å². The molecule has 0 radical (unpaired) electrons. The lowest BCUT2D eigenvalue weighted by molar-refractivity contribution is 0.438. The highest BCUT2D eigenvalue weighted by atomic mass is 16.5. The summed E-state index contributed by atoms with van der Waals surface area (Å²) < 4.78 is 6.88. The summed E-state index contributed by atoms with van der Waals surface area (Å²) in [5.41, 5.74) is 10.8. The van der Waals surface area contributed by atoms with Gasteiger partial charge in [-0.3, -0.25) is 0 Å². The minimum Gasteiger partial charge on any atom is -0.456 e. The van der Waals surface area contributed by atoms with E-state index in [0.717, 1.165) is 17.1 Å². The van der Waals surface area contributed by atoms with Gasteiger partial charge in [-0.25, -0.2) is 0 Å². The molecule has 8 rings (SSSR count). The van der Waals surface area contributed by atoms with E-state index in [1.165, 1.54) is 55.3 Å². The summed E-state index contributed by atoms with van der Waals surface area (Å²) in [5.74, 6) is 1.87. The lowest BCUT2D eigenvalue weighted by Crippen LogP contribution is -2.32. The Labute approximate surface area is 216 Å². The molecule has 1 aliphatic carbocycles. The van der Waals surface area contributed by atoms with E-state index < -0.39 is 5.41 Å². The first-order chi connectivity index (χ1) is 18.3. The first-order valence-corrected chi connectivity index (χ1v) is 12.9. The van der Waals surface area contributed by atoms with Crippen LogP contribution in [0.5, 0.6) is 11.5 Å². The molecule has 0 aromatic heterocycles. The van der Waals surface area contributed by atoms with Crippen LogP contribution in [0.25, 0.3) is 33.0 Å². The second-order valence-electron chi connectivity index (χ2n) is 10.2. The smallest absolute Gasteiger partial charge is 0.140 e.